The van der Waals surface area contributed by atoms with Gasteiger partial charge in [0.05, 0.1) is 16.9 Å². The number of amides is 1. The summed E-state index contributed by atoms with van der Waals surface area (Å²) in [7, 11) is 2.03. The smallest absolute Gasteiger partial charge is 0.259 e. The molecule has 0 saturated carbocycles. The van der Waals surface area contributed by atoms with Crippen molar-refractivity contribution in [2.45, 2.75) is 0 Å². The summed E-state index contributed by atoms with van der Waals surface area (Å²) in [6.45, 7) is 1.39. The lowest BCUT2D eigenvalue weighted by atomic mass is 10.0. The number of anilines is 2. The number of nitrogens with zero attached hydrogens (tertiary/aromatic N) is 3. The normalized spacial score (nSPS) is 13.5. The Balaban J connectivity index is 1.68. The number of carbonyl (C=O) groups is 1. The van der Waals surface area contributed by atoms with Crippen molar-refractivity contribution in [1.29, 1.82) is 0 Å². The van der Waals surface area contributed by atoms with E-state index in [0.29, 0.717) is 12.1 Å². The van der Waals surface area contributed by atoms with Gasteiger partial charge in [-0.2, -0.15) is 0 Å². The third kappa shape index (κ3) is 2.92. The van der Waals surface area contributed by atoms with Crippen molar-refractivity contribution in [1.82, 2.24) is 4.98 Å². The molecule has 0 fully saturated rings. The molecule has 26 heavy (non-hydrogen) atoms. The number of para-hydroxylation sites is 2. The summed E-state index contributed by atoms with van der Waals surface area (Å²) in [5, 5.41) is 0. The van der Waals surface area contributed by atoms with Gasteiger partial charge in [0.15, 0.2) is 0 Å². The van der Waals surface area contributed by atoms with E-state index < -0.39 is 0 Å². The summed E-state index contributed by atoms with van der Waals surface area (Å²) in [6, 6.07) is 15.9. The second-order valence-corrected chi connectivity index (χ2v) is 6.34. The predicted molar refractivity (Wildman–Crippen MR) is 101 cm³/mol. The first kappa shape index (κ1) is 16.3. The third-order valence-corrected chi connectivity index (χ3v) is 4.65. The second kappa shape index (κ2) is 6.59. The summed E-state index contributed by atoms with van der Waals surface area (Å²) in [4.78, 5) is 21.3. The molecule has 4 rings (SSSR count). The minimum Gasteiger partial charge on any atom is -0.371 e. The Hall–Kier alpha value is -3.21. The number of fused-ring (bicyclic) bond motifs is 1. The molecule has 1 aliphatic rings. The summed E-state index contributed by atoms with van der Waals surface area (Å²) >= 11 is 0. The molecule has 0 unspecified atom stereocenters. The van der Waals surface area contributed by atoms with Gasteiger partial charge in [-0.15, -0.1) is 0 Å². The zero-order valence-electron chi connectivity index (χ0n) is 14.4. The number of hydrogen-bond donors (Lipinski definition) is 0. The minimum absolute atomic E-state index is 0.0815. The van der Waals surface area contributed by atoms with Crippen molar-refractivity contribution >= 4 is 17.3 Å². The van der Waals surface area contributed by atoms with Crippen molar-refractivity contribution in [3.05, 3.63) is 78.4 Å². The van der Waals surface area contributed by atoms with Gasteiger partial charge in [0, 0.05) is 38.1 Å². The van der Waals surface area contributed by atoms with Crippen LogP contribution in [0.4, 0.5) is 15.8 Å². The van der Waals surface area contributed by atoms with Crippen LogP contribution in [0.15, 0.2) is 67.0 Å². The highest BCUT2D eigenvalue weighted by atomic mass is 19.1. The summed E-state index contributed by atoms with van der Waals surface area (Å²) in [5.41, 5.74) is 4.07. The van der Waals surface area contributed by atoms with Gasteiger partial charge in [0.1, 0.15) is 5.82 Å². The third-order valence-electron chi connectivity index (χ3n) is 4.65. The maximum absolute atomic E-state index is 13.1. The van der Waals surface area contributed by atoms with Crippen molar-refractivity contribution in [3.63, 3.8) is 0 Å². The largest absolute Gasteiger partial charge is 0.371 e. The average molecular weight is 347 g/mol. The van der Waals surface area contributed by atoms with Crippen molar-refractivity contribution in [2.24, 2.45) is 0 Å². The molecule has 0 atom stereocenters. The van der Waals surface area contributed by atoms with Gasteiger partial charge in [-0.25, -0.2) is 4.39 Å². The van der Waals surface area contributed by atoms with Gasteiger partial charge in [-0.05, 0) is 35.9 Å². The fraction of sp³-hybridized carbons (Fsp3) is 0.143. The van der Waals surface area contributed by atoms with Gasteiger partial charge >= 0.3 is 0 Å². The molecule has 2 heterocycles. The van der Waals surface area contributed by atoms with Crippen molar-refractivity contribution in [3.8, 4) is 11.1 Å². The quantitative estimate of drug-likeness (QED) is 0.703. The first-order valence-corrected chi connectivity index (χ1v) is 8.46. The molecular weight excluding hydrogens is 329 g/mol. The molecular formula is C21H18FN3O. The number of aromatic nitrogens is 1. The fourth-order valence-corrected chi connectivity index (χ4v) is 3.23. The van der Waals surface area contributed by atoms with E-state index in [9.17, 15) is 9.18 Å². The maximum Gasteiger partial charge on any atom is 0.259 e. The molecule has 130 valence electrons. The summed E-state index contributed by atoms with van der Waals surface area (Å²) < 4.78 is 13.1. The summed E-state index contributed by atoms with van der Waals surface area (Å²) in [5.74, 6) is -0.370. The highest BCUT2D eigenvalue weighted by molar-refractivity contribution is 6.08. The number of pyridine rings is 1. The molecule has 3 aromatic rings. The number of halogens is 1. The molecule has 1 amide bonds. The van der Waals surface area contributed by atoms with Crippen LogP contribution in [0, 0.1) is 5.82 Å². The van der Waals surface area contributed by atoms with Crippen molar-refractivity contribution < 1.29 is 9.18 Å². The van der Waals surface area contributed by atoms with Gasteiger partial charge in [-0.1, -0.05) is 24.3 Å². The number of likely N-dealkylation sites (N-methyl/N-ethyl adjacent to an activating group) is 1. The van der Waals surface area contributed by atoms with Crippen LogP contribution in [-0.2, 0) is 0 Å². The highest BCUT2D eigenvalue weighted by Gasteiger charge is 2.26. The molecule has 5 heteroatoms. The zero-order valence-corrected chi connectivity index (χ0v) is 14.4. The van der Waals surface area contributed by atoms with Crippen molar-refractivity contribution in [2.75, 3.05) is 29.9 Å². The van der Waals surface area contributed by atoms with E-state index in [1.807, 2.05) is 37.4 Å². The van der Waals surface area contributed by atoms with E-state index in [1.165, 1.54) is 12.1 Å². The molecule has 0 saturated heterocycles. The van der Waals surface area contributed by atoms with Crippen LogP contribution in [0.25, 0.3) is 11.1 Å². The number of hydrogen-bond acceptors (Lipinski definition) is 3. The van der Waals surface area contributed by atoms with Gasteiger partial charge in [0.25, 0.3) is 5.91 Å². The first-order chi connectivity index (χ1) is 12.6. The lowest BCUT2D eigenvalue weighted by Crippen LogP contribution is -2.42. The van der Waals surface area contributed by atoms with E-state index in [0.717, 1.165) is 29.0 Å². The van der Waals surface area contributed by atoms with E-state index in [2.05, 4.69) is 9.88 Å². The van der Waals surface area contributed by atoms with E-state index in [-0.39, 0.29) is 11.7 Å². The standard InChI is InChI=1S/C21H18FN3O/c1-24-10-11-25(20-5-3-2-4-19(20)24)21(26)17-12-16(13-23-14-17)15-6-8-18(22)9-7-15/h2-9,12-14H,10-11H2,1H3. The lowest BCUT2D eigenvalue weighted by Gasteiger charge is -2.35. The predicted octanol–water partition coefficient (Wildman–Crippen LogP) is 3.98. The van der Waals surface area contributed by atoms with Crippen LogP contribution >= 0.6 is 0 Å². The molecule has 0 N–H and O–H groups in total. The molecule has 0 aliphatic carbocycles. The van der Waals surface area contributed by atoms with Crippen LogP contribution in [0.3, 0.4) is 0 Å². The Morgan fingerprint density at radius 2 is 1.69 bits per heavy atom. The number of rotatable bonds is 2. The Morgan fingerprint density at radius 1 is 0.962 bits per heavy atom. The fourth-order valence-electron chi connectivity index (χ4n) is 3.23. The molecule has 0 spiro atoms. The van der Waals surface area contributed by atoms with Crippen LogP contribution < -0.4 is 9.80 Å². The Bertz CT molecular complexity index is 955. The lowest BCUT2D eigenvalue weighted by molar-refractivity contribution is 0.0986. The molecule has 4 nitrogen and oxygen atoms in total. The number of benzene rings is 2. The van der Waals surface area contributed by atoms with Crippen LogP contribution in [0.2, 0.25) is 0 Å². The van der Waals surface area contributed by atoms with Gasteiger partial charge in [-0.3, -0.25) is 9.78 Å². The topological polar surface area (TPSA) is 36.4 Å². The van der Waals surface area contributed by atoms with E-state index in [1.54, 1.807) is 29.4 Å². The van der Waals surface area contributed by atoms with E-state index in [4.69, 9.17) is 0 Å². The molecule has 1 aliphatic heterocycles. The minimum atomic E-state index is -0.289. The molecule has 1 aromatic heterocycles. The Morgan fingerprint density at radius 3 is 2.46 bits per heavy atom. The average Bonchev–Trinajstić information content (AvgIpc) is 2.69. The van der Waals surface area contributed by atoms with Crippen LogP contribution in [-0.4, -0.2) is 31.0 Å². The Kier molecular flexibility index (Phi) is 4.13. The molecule has 0 radical (unpaired) electrons. The van der Waals surface area contributed by atoms with Gasteiger partial charge in [0.2, 0.25) is 0 Å². The van der Waals surface area contributed by atoms with Crippen LogP contribution in [0.5, 0.6) is 0 Å². The Labute approximate surface area is 151 Å². The molecule has 0 bridgehead atoms. The SMILES string of the molecule is CN1CCN(C(=O)c2cncc(-c3ccc(F)cc3)c2)c2ccccc21. The molecule has 2 aromatic carbocycles. The monoisotopic (exact) mass is 347 g/mol. The maximum atomic E-state index is 13.1. The first-order valence-electron chi connectivity index (χ1n) is 8.46. The highest BCUT2D eigenvalue weighted by Crippen LogP contribution is 2.33. The van der Waals surface area contributed by atoms with Crippen LogP contribution in [0.1, 0.15) is 10.4 Å². The van der Waals surface area contributed by atoms with Gasteiger partial charge < -0.3 is 9.80 Å². The number of carbonyl (C=O) groups excluding carboxylic acids is 1. The second-order valence-electron chi connectivity index (χ2n) is 6.34. The summed E-state index contributed by atoms with van der Waals surface area (Å²) in [6.07, 6.45) is 3.26. The van der Waals surface area contributed by atoms with E-state index >= 15 is 0 Å². The zero-order chi connectivity index (χ0) is 18.1.